The van der Waals surface area contributed by atoms with Crippen LogP contribution < -0.4 is 9.64 Å². The predicted molar refractivity (Wildman–Crippen MR) is 102 cm³/mol. The molecule has 1 atom stereocenters. The topological polar surface area (TPSA) is 42.7 Å². The van der Waals surface area contributed by atoms with Crippen molar-refractivity contribution in [2.75, 3.05) is 18.0 Å². The number of halogens is 3. The zero-order valence-electron chi connectivity index (χ0n) is 15.8. The van der Waals surface area contributed by atoms with Crippen molar-refractivity contribution in [3.63, 3.8) is 0 Å². The molecule has 1 aromatic carbocycles. The van der Waals surface area contributed by atoms with Crippen LogP contribution in [0.25, 0.3) is 5.65 Å². The molecule has 5 nitrogen and oxygen atoms in total. The van der Waals surface area contributed by atoms with E-state index in [2.05, 4.69) is 10.2 Å². The Morgan fingerprint density at radius 1 is 1.03 bits per heavy atom. The SMILES string of the molecule is FC(F)(F)c1c(N2CCC(Oc3ccccc3)C2)ccn2c(CC3CC3)nnc12. The lowest BCUT2D eigenvalue weighted by Crippen LogP contribution is -2.27. The monoisotopic (exact) mass is 402 g/mol. The Balaban J connectivity index is 1.45. The maximum absolute atomic E-state index is 14.0. The van der Waals surface area contributed by atoms with Gasteiger partial charge in [0.2, 0.25) is 0 Å². The Hall–Kier alpha value is -2.77. The first kappa shape index (κ1) is 18.3. The van der Waals surface area contributed by atoms with Gasteiger partial charge < -0.3 is 9.64 Å². The van der Waals surface area contributed by atoms with E-state index in [9.17, 15) is 13.2 Å². The van der Waals surface area contributed by atoms with Crippen molar-refractivity contribution in [1.82, 2.24) is 14.6 Å². The Bertz CT molecular complexity index is 1010. The highest BCUT2D eigenvalue weighted by Gasteiger charge is 2.40. The van der Waals surface area contributed by atoms with E-state index in [0.717, 1.165) is 18.6 Å². The zero-order valence-corrected chi connectivity index (χ0v) is 15.8. The van der Waals surface area contributed by atoms with Gasteiger partial charge in [0.25, 0.3) is 0 Å². The molecule has 0 radical (unpaired) electrons. The maximum Gasteiger partial charge on any atom is 0.422 e. The van der Waals surface area contributed by atoms with Crippen molar-refractivity contribution in [2.24, 2.45) is 5.92 Å². The van der Waals surface area contributed by atoms with E-state index in [-0.39, 0.29) is 17.4 Å². The van der Waals surface area contributed by atoms with Crippen LogP contribution in [0.3, 0.4) is 0 Å². The van der Waals surface area contributed by atoms with E-state index in [0.29, 0.717) is 37.7 Å². The summed E-state index contributed by atoms with van der Waals surface area (Å²) in [7, 11) is 0. The van der Waals surface area contributed by atoms with Crippen molar-refractivity contribution >= 4 is 11.3 Å². The normalized spacial score (nSPS) is 19.8. The molecule has 0 N–H and O–H groups in total. The smallest absolute Gasteiger partial charge is 0.422 e. The number of hydrogen-bond acceptors (Lipinski definition) is 4. The van der Waals surface area contributed by atoms with Crippen molar-refractivity contribution in [1.29, 1.82) is 0 Å². The van der Waals surface area contributed by atoms with E-state index >= 15 is 0 Å². The fraction of sp³-hybridized carbons (Fsp3) is 0.429. The van der Waals surface area contributed by atoms with Crippen LogP contribution in [0.2, 0.25) is 0 Å². The molecular weight excluding hydrogens is 381 g/mol. The second-order valence-electron chi connectivity index (χ2n) is 7.82. The fourth-order valence-electron chi connectivity index (χ4n) is 3.98. The van der Waals surface area contributed by atoms with Gasteiger partial charge >= 0.3 is 6.18 Å². The molecule has 152 valence electrons. The number of pyridine rings is 1. The first-order valence-corrected chi connectivity index (χ1v) is 9.89. The number of anilines is 1. The van der Waals surface area contributed by atoms with Crippen LogP contribution in [0, 0.1) is 5.92 Å². The summed E-state index contributed by atoms with van der Waals surface area (Å²) < 4.78 is 49.5. The third-order valence-corrected chi connectivity index (χ3v) is 5.61. The first-order valence-electron chi connectivity index (χ1n) is 9.89. The van der Waals surface area contributed by atoms with Gasteiger partial charge in [0.15, 0.2) is 5.65 Å². The Labute approximate surface area is 166 Å². The van der Waals surface area contributed by atoms with E-state index in [4.69, 9.17) is 4.74 Å². The minimum Gasteiger partial charge on any atom is -0.489 e. The first-order chi connectivity index (χ1) is 14.0. The molecule has 1 aliphatic carbocycles. The molecule has 2 aliphatic rings. The van der Waals surface area contributed by atoms with Crippen LogP contribution in [-0.4, -0.2) is 33.8 Å². The lowest BCUT2D eigenvalue weighted by Gasteiger charge is -2.23. The molecule has 0 bridgehead atoms. The highest BCUT2D eigenvalue weighted by atomic mass is 19.4. The third kappa shape index (κ3) is 3.63. The highest BCUT2D eigenvalue weighted by molar-refractivity contribution is 5.67. The van der Waals surface area contributed by atoms with Crippen LogP contribution in [0.5, 0.6) is 5.75 Å². The molecule has 0 spiro atoms. The van der Waals surface area contributed by atoms with Crippen LogP contribution in [-0.2, 0) is 12.6 Å². The number of para-hydroxylation sites is 1. The molecule has 8 heteroatoms. The van der Waals surface area contributed by atoms with Crippen molar-refractivity contribution in [2.45, 2.75) is 38.0 Å². The van der Waals surface area contributed by atoms with Gasteiger partial charge in [-0.2, -0.15) is 13.2 Å². The summed E-state index contributed by atoms with van der Waals surface area (Å²) in [5.41, 5.74) is -0.678. The molecule has 29 heavy (non-hydrogen) atoms. The number of benzene rings is 1. The summed E-state index contributed by atoms with van der Waals surface area (Å²) in [6.45, 7) is 0.900. The van der Waals surface area contributed by atoms with Crippen molar-refractivity contribution in [3.05, 3.63) is 54.0 Å². The average molecular weight is 402 g/mol. The fourth-order valence-corrected chi connectivity index (χ4v) is 3.98. The Kier molecular flexibility index (Phi) is 4.37. The summed E-state index contributed by atoms with van der Waals surface area (Å²) in [6, 6.07) is 10.9. The number of ether oxygens (including phenoxy) is 1. The minimum atomic E-state index is -4.51. The maximum atomic E-state index is 14.0. The molecule has 2 fully saturated rings. The largest absolute Gasteiger partial charge is 0.489 e. The molecular formula is C21H21F3N4O. The Morgan fingerprint density at radius 2 is 1.83 bits per heavy atom. The van der Waals surface area contributed by atoms with Gasteiger partial charge in [0.1, 0.15) is 23.2 Å². The standard InChI is InChI=1S/C21H21F3N4O/c22-21(23,24)19-17(9-11-28-18(12-14-6-7-14)25-26-20(19)28)27-10-8-16(13-27)29-15-4-2-1-3-5-15/h1-5,9,11,14,16H,6-8,10,12-13H2. The van der Waals surface area contributed by atoms with Gasteiger partial charge in [0, 0.05) is 25.6 Å². The molecule has 5 rings (SSSR count). The second-order valence-corrected chi connectivity index (χ2v) is 7.82. The van der Waals surface area contributed by atoms with Crippen LogP contribution in [0.1, 0.15) is 30.7 Å². The van der Waals surface area contributed by atoms with Gasteiger partial charge in [0.05, 0.1) is 12.2 Å². The number of nitrogens with zero attached hydrogens (tertiary/aromatic N) is 4. The molecule has 1 saturated heterocycles. The van der Waals surface area contributed by atoms with E-state index in [1.165, 1.54) is 4.40 Å². The number of fused-ring (bicyclic) bond motifs is 1. The summed E-state index contributed by atoms with van der Waals surface area (Å²) in [6.07, 6.45) is 0.554. The number of aromatic nitrogens is 3. The number of hydrogen-bond donors (Lipinski definition) is 0. The molecule has 0 amide bonds. The molecule has 3 aromatic rings. The van der Waals surface area contributed by atoms with Gasteiger partial charge in [-0.25, -0.2) is 0 Å². The van der Waals surface area contributed by atoms with Crippen LogP contribution >= 0.6 is 0 Å². The molecule has 1 unspecified atom stereocenters. The van der Waals surface area contributed by atoms with E-state index < -0.39 is 11.7 Å². The quantitative estimate of drug-likeness (QED) is 0.636. The van der Waals surface area contributed by atoms with Gasteiger partial charge in [-0.1, -0.05) is 18.2 Å². The van der Waals surface area contributed by atoms with Crippen LogP contribution in [0.4, 0.5) is 18.9 Å². The summed E-state index contributed by atoms with van der Waals surface area (Å²) in [4.78, 5) is 1.74. The molecule has 1 saturated carbocycles. The van der Waals surface area contributed by atoms with Gasteiger partial charge in [-0.3, -0.25) is 4.40 Å². The number of alkyl halides is 3. The third-order valence-electron chi connectivity index (χ3n) is 5.61. The molecule has 3 heterocycles. The highest BCUT2D eigenvalue weighted by Crippen LogP contribution is 2.41. The second kappa shape index (κ2) is 6.93. The summed E-state index contributed by atoms with van der Waals surface area (Å²) in [5, 5.41) is 7.98. The zero-order chi connectivity index (χ0) is 20.0. The lowest BCUT2D eigenvalue weighted by atomic mass is 10.2. The van der Waals surface area contributed by atoms with E-state index in [1.807, 2.05) is 30.3 Å². The lowest BCUT2D eigenvalue weighted by molar-refractivity contribution is -0.136. The predicted octanol–water partition coefficient (Wildman–Crippen LogP) is 4.36. The van der Waals surface area contributed by atoms with E-state index in [1.54, 1.807) is 17.2 Å². The molecule has 1 aliphatic heterocycles. The molecule has 2 aromatic heterocycles. The Morgan fingerprint density at radius 3 is 2.55 bits per heavy atom. The minimum absolute atomic E-state index is 0.113. The van der Waals surface area contributed by atoms with Crippen LogP contribution in [0.15, 0.2) is 42.6 Å². The number of rotatable bonds is 5. The summed E-state index contributed by atoms with van der Waals surface area (Å²) in [5.74, 6) is 1.85. The van der Waals surface area contributed by atoms with Crippen molar-refractivity contribution in [3.8, 4) is 5.75 Å². The van der Waals surface area contributed by atoms with Crippen molar-refractivity contribution < 1.29 is 17.9 Å². The van der Waals surface area contributed by atoms with Gasteiger partial charge in [-0.05, 0) is 37.0 Å². The summed E-state index contributed by atoms with van der Waals surface area (Å²) >= 11 is 0. The van der Waals surface area contributed by atoms with Gasteiger partial charge in [-0.15, -0.1) is 10.2 Å². The average Bonchev–Trinajstić information content (AvgIpc) is 3.24.